The molecular weight excluding hydrogens is 378 g/mol. The van der Waals surface area contributed by atoms with Crippen LogP contribution < -0.4 is 5.32 Å². The summed E-state index contributed by atoms with van der Waals surface area (Å²) in [5.74, 6) is 0.574. The molecular formula is C19H19N5O3S. The van der Waals surface area contributed by atoms with Crippen LogP contribution in [0.5, 0.6) is 0 Å². The van der Waals surface area contributed by atoms with Gasteiger partial charge < -0.3 is 9.88 Å². The van der Waals surface area contributed by atoms with Crippen LogP contribution in [0, 0.1) is 17.0 Å². The number of benzene rings is 2. The molecule has 0 spiro atoms. The Kier molecular flexibility index (Phi) is 6.05. The molecule has 0 saturated heterocycles. The van der Waals surface area contributed by atoms with Crippen molar-refractivity contribution in [2.24, 2.45) is 0 Å². The second-order valence-corrected chi connectivity index (χ2v) is 7.00. The number of amides is 1. The standard InChI is InChI=1S/C19H19N5O3S/c1-3-23-18(14-5-4-6-16(11-14)24(26)27)21-22-19(23)28-12-17(25)20-15-9-7-13(2)8-10-15/h4-11H,3,12H2,1-2H3,(H,20,25). The van der Waals surface area contributed by atoms with Crippen molar-refractivity contribution in [3.05, 3.63) is 64.2 Å². The number of anilines is 1. The number of carbonyl (C=O) groups is 1. The summed E-state index contributed by atoms with van der Waals surface area (Å²) in [6, 6.07) is 13.8. The van der Waals surface area contributed by atoms with Crippen molar-refractivity contribution in [2.75, 3.05) is 11.1 Å². The fourth-order valence-corrected chi connectivity index (χ4v) is 3.42. The number of nitro groups is 1. The van der Waals surface area contributed by atoms with E-state index >= 15 is 0 Å². The van der Waals surface area contributed by atoms with Gasteiger partial charge in [0.1, 0.15) is 0 Å². The summed E-state index contributed by atoms with van der Waals surface area (Å²) >= 11 is 1.27. The SMILES string of the molecule is CCn1c(SCC(=O)Nc2ccc(C)cc2)nnc1-c1cccc([N+](=O)[O-])c1. The van der Waals surface area contributed by atoms with Gasteiger partial charge in [0, 0.05) is 29.9 Å². The predicted molar refractivity (Wildman–Crippen MR) is 108 cm³/mol. The van der Waals surface area contributed by atoms with Crippen molar-refractivity contribution in [1.29, 1.82) is 0 Å². The minimum atomic E-state index is -0.443. The lowest BCUT2D eigenvalue weighted by molar-refractivity contribution is -0.384. The molecule has 0 unspecified atom stereocenters. The molecule has 3 aromatic rings. The number of aromatic nitrogens is 3. The maximum Gasteiger partial charge on any atom is 0.270 e. The van der Waals surface area contributed by atoms with Gasteiger partial charge in [0.2, 0.25) is 5.91 Å². The van der Waals surface area contributed by atoms with Gasteiger partial charge in [-0.25, -0.2) is 0 Å². The molecule has 0 saturated carbocycles. The Hall–Kier alpha value is -3.20. The molecule has 0 radical (unpaired) electrons. The van der Waals surface area contributed by atoms with Gasteiger partial charge in [0.15, 0.2) is 11.0 Å². The molecule has 0 aliphatic heterocycles. The zero-order valence-corrected chi connectivity index (χ0v) is 16.3. The Balaban J connectivity index is 1.71. The van der Waals surface area contributed by atoms with Crippen LogP contribution in [0.1, 0.15) is 12.5 Å². The number of non-ortho nitro benzene ring substituents is 1. The number of hydrogen-bond acceptors (Lipinski definition) is 6. The second-order valence-electron chi connectivity index (χ2n) is 6.06. The molecule has 0 atom stereocenters. The monoisotopic (exact) mass is 397 g/mol. The van der Waals surface area contributed by atoms with Crippen LogP contribution in [0.25, 0.3) is 11.4 Å². The molecule has 0 fully saturated rings. The third-order valence-electron chi connectivity index (χ3n) is 4.02. The topological polar surface area (TPSA) is 103 Å². The zero-order chi connectivity index (χ0) is 20.1. The van der Waals surface area contributed by atoms with Gasteiger partial charge in [-0.05, 0) is 26.0 Å². The lowest BCUT2D eigenvalue weighted by Crippen LogP contribution is -2.14. The highest BCUT2D eigenvalue weighted by Gasteiger charge is 2.16. The normalized spacial score (nSPS) is 10.6. The Bertz CT molecular complexity index is 1000. The number of rotatable bonds is 7. The van der Waals surface area contributed by atoms with Crippen LogP contribution in [0.3, 0.4) is 0 Å². The van der Waals surface area contributed by atoms with Crippen LogP contribution in [-0.2, 0) is 11.3 Å². The van der Waals surface area contributed by atoms with Gasteiger partial charge in [-0.15, -0.1) is 10.2 Å². The molecule has 1 N–H and O–H groups in total. The Morgan fingerprint density at radius 1 is 1.21 bits per heavy atom. The van der Waals surface area contributed by atoms with E-state index in [4.69, 9.17) is 0 Å². The van der Waals surface area contributed by atoms with Crippen molar-refractivity contribution < 1.29 is 9.72 Å². The number of hydrogen-bond donors (Lipinski definition) is 1. The maximum atomic E-state index is 12.2. The van der Waals surface area contributed by atoms with Crippen molar-refractivity contribution in [2.45, 2.75) is 25.5 Å². The van der Waals surface area contributed by atoms with Crippen molar-refractivity contribution >= 4 is 29.0 Å². The van der Waals surface area contributed by atoms with Gasteiger partial charge in [-0.3, -0.25) is 14.9 Å². The number of carbonyl (C=O) groups excluding carboxylic acids is 1. The van der Waals surface area contributed by atoms with Crippen molar-refractivity contribution in [1.82, 2.24) is 14.8 Å². The Morgan fingerprint density at radius 3 is 2.64 bits per heavy atom. The maximum absolute atomic E-state index is 12.2. The highest BCUT2D eigenvalue weighted by atomic mass is 32.2. The van der Waals surface area contributed by atoms with E-state index in [1.54, 1.807) is 12.1 Å². The van der Waals surface area contributed by atoms with E-state index in [1.807, 2.05) is 42.7 Å². The molecule has 0 bridgehead atoms. The smallest absolute Gasteiger partial charge is 0.270 e. The molecule has 144 valence electrons. The van der Waals surface area contributed by atoms with Crippen LogP contribution in [-0.4, -0.2) is 31.3 Å². The average molecular weight is 397 g/mol. The molecule has 2 aromatic carbocycles. The van der Waals surface area contributed by atoms with E-state index in [0.717, 1.165) is 11.3 Å². The van der Waals surface area contributed by atoms with E-state index in [1.165, 1.54) is 23.9 Å². The molecule has 1 amide bonds. The highest BCUT2D eigenvalue weighted by Crippen LogP contribution is 2.26. The van der Waals surface area contributed by atoms with Gasteiger partial charge in [-0.2, -0.15) is 0 Å². The van der Waals surface area contributed by atoms with E-state index in [2.05, 4.69) is 15.5 Å². The predicted octanol–water partition coefficient (Wildman–Crippen LogP) is 3.91. The first-order chi connectivity index (χ1) is 13.5. The highest BCUT2D eigenvalue weighted by molar-refractivity contribution is 7.99. The quantitative estimate of drug-likeness (QED) is 0.368. The van der Waals surface area contributed by atoms with Crippen LogP contribution in [0.2, 0.25) is 0 Å². The average Bonchev–Trinajstić information content (AvgIpc) is 3.11. The lowest BCUT2D eigenvalue weighted by Gasteiger charge is -2.08. The molecule has 0 aliphatic carbocycles. The van der Waals surface area contributed by atoms with E-state index in [0.29, 0.717) is 23.1 Å². The molecule has 0 aliphatic rings. The number of thioether (sulfide) groups is 1. The molecule has 1 aromatic heterocycles. The Morgan fingerprint density at radius 2 is 1.96 bits per heavy atom. The van der Waals surface area contributed by atoms with E-state index in [-0.39, 0.29) is 17.3 Å². The third kappa shape index (κ3) is 4.55. The van der Waals surface area contributed by atoms with Gasteiger partial charge in [-0.1, -0.05) is 41.6 Å². The van der Waals surface area contributed by atoms with Crippen molar-refractivity contribution in [3.8, 4) is 11.4 Å². The molecule has 9 heteroatoms. The van der Waals surface area contributed by atoms with E-state index in [9.17, 15) is 14.9 Å². The zero-order valence-electron chi connectivity index (χ0n) is 15.5. The summed E-state index contributed by atoms with van der Waals surface area (Å²) < 4.78 is 1.84. The fraction of sp³-hybridized carbons (Fsp3) is 0.211. The van der Waals surface area contributed by atoms with Gasteiger partial charge >= 0.3 is 0 Å². The number of nitro benzene ring substituents is 1. The van der Waals surface area contributed by atoms with Crippen LogP contribution >= 0.6 is 11.8 Å². The first-order valence-electron chi connectivity index (χ1n) is 8.65. The van der Waals surface area contributed by atoms with E-state index < -0.39 is 4.92 Å². The van der Waals surface area contributed by atoms with Crippen LogP contribution in [0.15, 0.2) is 53.7 Å². The van der Waals surface area contributed by atoms with Crippen LogP contribution in [0.4, 0.5) is 11.4 Å². The molecule has 1 heterocycles. The minimum Gasteiger partial charge on any atom is -0.325 e. The number of aryl methyl sites for hydroxylation is 1. The Labute approximate surface area is 166 Å². The summed E-state index contributed by atoms with van der Waals surface area (Å²) in [5, 5.41) is 22.8. The lowest BCUT2D eigenvalue weighted by atomic mass is 10.2. The third-order valence-corrected chi connectivity index (χ3v) is 4.98. The van der Waals surface area contributed by atoms with Crippen molar-refractivity contribution in [3.63, 3.8) is 0 Å². The molecule has 8 nitrogen and oxygen atoms in total. The first-order valence-corrected chi connectivity index (χ1v) is 9.64. The molecule has 28 heavy (non-hydrogen) atoms. The first kappa shape index (κ1) is 19.6. The summed E-state index contributed by atoms with van der Waals surface area (Å²) in [4.78, 5) is 22.8. The minimum absolute atomic E-state index is 0.00479. The summed E-state index contributed by atoms with van der Waals surface area (Å²) in [7, 11) is 0. The number of nitrogens with one attached hydrogen (secondary N) is 1. The van der Waals surface area contributed by atoms with Gasteiger partial charge in [0.25, 0.3) is 5.69 Å². The summed E-state index contributed by atoms with van der Waals surface area (Å²) in [6.45, 7) is 4.49. The summed E-state index contributed by atoms with van der Waals surface area (Å²) in [6.07, 6.45) is 0. The fourth-order valence-electron chi connectivity index (χ4n) is 2.62. The van der Waals surface area contributed by atoms with Gasteiger partial charge in [0.05, 0.1) is 10.7 Å². The number of nitrogens with zero attached hydrogens (tertiary/aromatic N) is 4. The largest absolute Gasteiger partial charge is 0.325 e. The molecule has 3 rings (SSSR count). The summed E-state index contributed by atoms with van der Waals surface area (Å²) in [5.41, 5.74) is 2.47. The second kappa shape index (κ2) is 8.66.